The summed E-state index contributed by atoms with van der Waals surface area (Å²) in [5.74, 6) is 0. The van der Waals surface area contributed by atoms with Crippen LogP contribution < -0.4 is 5.32 Å². The molecule has 0 atom stereocenters. The van der Waals surface area contributed by atoms with Crippen LogP contribution >= 0.6 is 0 Å². The van der Waals surface area contributed by atoms with E-state index in [1.807, 2.05) is 24.3 Å². The number of fused-ring (bicyclic) bond motifs is 1. The SMILES string of the molecule is O=Cc1ccc(NCCCCCCCCCCC=Cc2c[nH]c3ccccc23)cc1. The molecule has 0 amide bonds. The number of H-pyrrole nitrogens is 1. The van der Waals surface area contributed by atoms with Gasteiger partial charge in [0.15, 0.2) is 0 Å². The standard InChI is InChI=1S/C27H34N2O/c30-22-23-16-18-25(19-17-23)28-20-12-8-6-4-2-1-3-5-7-9-13-24-21-29-27-15-11-10-14-26(24)27/h9-11,13-19,21-22,28-29H,1-8,12,20H2. The Kier molecular flexibility index (Phi) is 9.26. The molecule has 1 aromatic heterocycles. The first-order valence-corrected chi connectivity index (χ1v) is 11.4. The maximum absolute atomic E-state index is 10.6. The van der Waals surface area contributed by atoms with Gasteiger partial charge in [0.25, 0.3) is 0 Å². The van der Waals surface area contributed by atoms with Gasteiger partial charge in [-0.15, -0.1) is 0 Å². The zero-order valence-electron chi connectivity index (χ0n) is 17.9. The Morgan fingerprint density at radius 2 is 1.50 bits per heavy atom. The molecule has 3 heteroatoms. The van der Waals surface area contributed by atoms with Gasteiger partial charge in [0.2, 0.25) is 0 Å². The van der Waals surface area contributed by atoms with E-state index in [-0.39, 0.29) is 0 Å². The summed E-state index contributed by atoms with van der Waals surface area (Å²) in [7, 11) is 0. The number of carbonyl (C=O) groups is 1. The van der Waals surface area contributed by atoms with Gasteiger partial charge in [-0.05, 0) is 55.2 Å². The lowest BCUT2D eigenvalue weighted by Gasteiger charge is -2.06. The first kappa shape index (κ1) is 21.9. The first-order chi connectivity index (χ1) is 14.9. The molecule has 0 fully saturated rings. The molecule has 3 nitrogen and oxygen atoms in total. The molecule has 0 aliphatic heterocycles. The summed E-state index contributed by atoms with van der Waals surface area (Å²) in [6.07, 6.45) is 19.2. The lowest BCUT2D eigenvalue weighted by molar-refractivity contribution is 0.112. The van der Waals surface area contributed by atoms with Gasteiger partial charge in [0.05, 0.1) is 0 Å². The number of allylic oxidation sites excluding steroid dienone is 1. The predicted molar refractivity (Wildman–Crippen MR) is 129 cm³/mol. The molecular weight excluding hydrogens is 368 g/mol. The van der Waals surface area contributed by atoms with Crippen molar-refractivity contribution in [2.24, 2.45) is 0 Å². The lowest BCUT2D eigenvalue weighted by Crippen LogP contribution is -2.01. The third kappa shape index (κ3) is 7.22. The van der Waals surface area contributed by atoms with E-state index in [4.69, 9.17) is 0 Å². The highest BCUT2D eigenvalue weighted by Crippen LogP contribution is 2.19. The predicted octanol–water partition coefficient (Wildman–Crippen LogP) is 7.62. The van der Waals surface area contributed by atoms with E-state index < -0.39 is 0 Å². The molecule has 2 aromatic carbocycles. The minimum Gasteiger partial charge on any atom is -0.385 e. The number of rotatable bonds is 14. The summed E-state index contributed by atoms with van der Waals surface area (Å²) in [6.45, 7) is 1.00. The van der Waals surface area contributed by atoms with Crippen LogP contribution in [0.5, 0.6) is 0 Å². The minimum absolute atomic E-state index is 0.728. The number of carbonyl (C=O) groups excluding carboxylic acids is 1. The second-order valence-electron chi connectivity index (χ2n) is 7.98. The first-order valence-electron chi connectivity index (χ1n) is 11.4. The van der Waals surface area contributed by atoms with Crippen LogP contribution in [-0.4, -0.2) is 17.8 Å². The number of hydrogen-bond acceptors (Lipinski definition) is 2. The van der Waals surface area contributed by atoms with E-state index in [0.29, 0.717) is 0 Å². The second kappa shape index (κ2) is 12.7. The molecule has 0 unspecified atom stereocenters. The summed E-state index contributed by atoms with van der Waals surface area (Å²) < 4.78 is 0. The third-order valence-corrected chi connectivity index (χ3v) is 5.59. The lowest BCUT2D eigenvalue weighted by atomic mass is 10.1. The molecule has 1 heterocycles. The number of aldehydes is 1. The van der Waals surface area contributed by atoms with Crippen LogP contribution in [0.1, 0.15) is 73.7 Å². The van der Waals surface area contributed by atoms with Crippen molar-refractivity contribution in [1.82, 2.24) is 4.98 Å². The van der Waals surface area contributed by atoms with Crippen LogP contribution in [-0.2, 0) is 0 Å². The van der Waals surface area contributed by atoms with Crippen molar-refractivity contribution in [2.75, 3.05) is 11.9 Å². The normalized spacial score (nSPS) is 11.3. The van der Waals surface area contributed by atoms with Crippen molar-refractivity contribution in [2.45, 2.75) is 57.8 Å². The van der Waals surface area contributed by atoms with E-state index in [0.717, 1.165) is 24.1 Å². The van der Waals surface area contributed by atoms with Crippen LogP contribution in [0, 0.1) is 0 Å². The molecule has 0 spiro atoms. The highest BCUT2D eigenvalue weighted by Gasteiger charge is 1.98. The topological polar surface area (TPSA) is 44.9 Å². The number of anilines is 1. The Morgan fingerprint density at radius 3 is 2.27 bits per heavy atom. The zero-order valence-corrected chi connectivity index (χ0v) is 17.9. The Labute approximate surface area is 180 Å². The molecule has 0 saturated carbocycles. The van der Waals surface area contributed by atoms with Crippen molar-refractivity contribution >= 4 is 29.0 Å². The summed E-state index contributed by atoms with van der Waals surface area (Å²) >= 11 is 0. The van der Waals surface area contributed by atoms with Gasteiger partial charge >= 0.3 is 0 Å². The van der Waals surface area contributed by atoms with Crippen molar-refractivity contribution in [1.29, 1.82) is 0 Å². The quantitative estimate of drug-likeness (QED) is 0.215. The van der Waals surface area contributed by atoms with Crippen molar-refractivity contribution < 1.29 is 4.79 Å². The van der Waals surface area contributed by atoms with Crippen LogP contribution in [0.15, 0.2) is 60.8 Å². The second-order valence-corrected chi connectivity index (χ2v) is 7.98. The number of nitrogens with one attached hydrogen (secondary N) is 2. The van der Waals surface area contributed by atoms with Gasteiger partial charge < -0.3 is 10.3 Å². The highest BCUT2D eigenvalue weighted by molar-refractivity contribution is 5.88. The number of para-hydroxylation sites is 1. The summed E-state index contributed by atoms with van der Waals surface area (Å²) in [5.41, 5.74) is 4.32. The molecule has 30 heavy (non-hydrogen) atoms. The average Bonchev–Trinajstić information content (AvgIpc) is 3.20. The summed E-state index contributed by atoms with van der Waals surface area (Å²) in [4.78, 5) is 14.0. The maximum Gasteiger partial charge on any atom is 0.150 e. The van der Waals surface area contributed by atoms with Gasteiger partial charge in [-0.25, -0.2) is 0 Å². The molecule has 3 aromatic rings. The van der Waals surface area contributed by atoms with Crippen LogP contribution in [0.3, 0.4) is 0 Å². The van der Waals surface area contributed by atoms with Crippen molar-refractivity contribution in [3.8, 4) is 0 Å². The fourth-order valence-electron chi connectivity index (χ4n) is 3.80. The van der Waals surface area contributed by atoms with E-state index >= 15 is 0 Å². The monoisotopic (exact) mass is 402 g/mol. The molecule has 0 aliphatic carbocycles. The fraction of sp³-hybridized carbons (Fsp3) is 0.370. The molecule has 0 bridgehead atoms. The molecule has 0 radical (unpaired) electrons. The number of unbranched alkanes of at least 4 members (excludes halogenated alkanes) is 8. The van der Waals surface area contributed by atoms with Gasteiger partial charge in [-0.2, -0.15) is 0 Å². The third-order valence-electron chi connectivity index (χ3n) is 5.59. The van der Waals surface area contributed by atoms with Gasteiger partial charge in [0, 0.05) is 34.9 Å². The smallest absolute Gasteiger partial charge is 0.150 e. The largest absolute Gasteiger partial charge is 0.385 e. The van der Waals surface area contributed by atoms with E-state index in [2.05, 4.69) is 52.9 Å². The molecule has 158 valence electrons. The van der Waals surface area contributed by atoms with Crippen molar-refractivity contribution in [3.63, 3.8) is 0 Å². The van der Waals surface area contributed by atoms with Crippen molar-refractivity contribution in [3.05, 3.63) is 71.9 Å². The fourth-order valence-corrected chi connectivity index (χ4v) is 3.80. The minimum atomic E-state index is 0.728. The Hall–Kier alpha value is -2.81. The molecule has 2 N–H and O–H groups in total. The molecule has 0 aliphatic rings. The Morgan fingerprint density at radius 1 is 0.800 bits per heavy atom. The number of hydrogen-bond donors (Lipinski definition) is 2. The molecular formula is C27H34N2O. The van der Waals surface area contributed by atoms with Gasteiger partial charge in [-0.1, -0.05) is 68.9 Å². The van der Waals surface area contributed by atoms with E-state index in [9.17, 15) is 4.79 Å². The molecule has 0 saturated heterocycles. The molecule has 3 rings (SSSR count). The van der Waals surface area contributed by atoms with Crippen LogP contribution in [0.25, 0.3) is 17.0 Å². The van der Waals surface area contributed by atoms with E-state index in [1.165, 1.54) is 74.3 Å². The maximum atomic E-state index is 10.6. The summed E-state index contributed by atoms with van der Waals surface area (Å²) in [6, 6.07) is 16.1. The summed E-state index contributed by atoms with van der Waals surface area (Å²) in [5, 5.41) is 4.73. The number of benzene rings is 2. The zero-order chi connectivity index (χ0) is 20.9. The number of aromatic amines is 1. The Bertz CT molecular complexity index is 908. The van der Waals surface area contributed by atoms with Gasteiger partial charge in [0.1, 0.15) is 6.29 Å². The Balaban J connectivity index is 1.14. The van der Waals surface area contributed by atoms with Gasteiger partial charge in [-0.3, -0.25) is 4.79 Å². The number of aromatic nitrogens is 1. The van der Waals surface area contributed by atoms with Crippen LogP contribution in [0.4, 0.5) is 5.69 Å². The highest BCUT2D eigenvalue weighted by atomic mass is 16.1. The average molecular weight is 403 g/mol. The van der Waals surface area contributed by atoms with E-state index in [1.54, 1.807) is 0 Å². The van der Waals surface area contributed by atoms with Crippen LogP contribution in [0.2, 0.25) is 0 Å².